The molecule has 0 saturated heterocycles. The van der Waals surface area contributed by atoms with Crippen LogP contribution in [0, 0.1) is 6.92 Å². The molecule has 3 rings (SSSR count). The number of aryl methyl sites for hydroxylation is 1. The van der Waals surface area contributed by atoms with E-state index in [1.807, 2.05) is 44.2 Å². The molecule has 0 radical (unpaired) electrons. The van der Waals surface area contributed by atoms with Crippen molar-refractivity contribution < 1.29 is 18.0 Å². The quantitative estimate of drug-likeness (QED) is 0.291. The number of amides is 2. The maximum absolute atomic E-state index is 14.1. The molecule has 0 fully saturated rings. The zero-order chi connectivity index (χ0) is 29.4. The third-order valence-electron chi connectivity index (χ3n) is 6.67. The van der Waals surface area contributed by atoms with E-state index in [2.05, 4.69) is 5.32 Å². The molecule has 3 aromatic carbocycles. The molecule has 10 heteroatoms. The van der Waals surface area contributed by atoms with Gasteiger partial charge in [-0.3, -0.25) is 13.9 Å². The third kappa shape index (κ3) is 8.46. The van der Waals surface area contributed by atoms with Gasteiger partial charge < -0.3 is 10.2 Å². The predicted molar refractivity (Wildman–Crippen MR) is 162 cm³/mol. The zero-order valence-corrected chi connectivity index (χ0v) is 25.4. The fourth-order valence-corrected chi connectivity index (χ4v) is 5.50. The van der Waals surface area contributed by atoms with Crippen molar-refractivity contribution >= 4 is 50.7 Å². The van der Waals surface area contributed by atoms with E-state index in [0.717, 1.165) is 16.1 Å². The van der Waals surface area contributed by atoms with Crippen LogP contribution < -0.4 is 9.62 Å². The van der Waals surface area contributed by atoms with Gasteiger partial charge in [0.15, 0.2) is 0 Å². The lowest BCUT2D eigenvalue weighted by Gasteiger charge is -2.34. The number of carbonyl (C=O) groups excluding carboxylic acids is 2. The van der Waals surface area contributed by atoms with E-state index in [-0.39, 0.29) is 24.9 Å². The van der Waals surface area contributed by atoms with Crippen LogP contribution in [0.1, 0.15) is 37.0 Å². The zero-order valence-electron chi connectivity index (χ0n) is 23.1. The van der Waals surface area contributed by atoms with E-state index in [1.165, 1.54) is 4.90 Å². The summed E-state index contributed by atoms with van der Waals surface area (Å²) in [5.74, 6) is -0.853. The maximum atomic E-state index is 14.1. The molecule has 0 aliphatic heterocycles. The van der Waals surface area contributed by atoms with E-state index in [4.69, 9.17) is 23.2 Å². The van der Waals surface area contributed by atoms with Crippen molar-refractivity contribution in [2.45, 2.75) is 52.2 Å². The molecule has 40 heavy (non-hydrogen) atoms. The average Bonchev–Trinajstić information content (AvgIpc) is 2.91. The number of halogens is 2. The predicted octanol–water partition coefficient (Wildman–Crippen LogP) is 5.62. The molecule has 0 aliphatic carbocycles. The lowest BCUT2D eigenvalue weighted by molar-refractivity contribution is -0.140. The molecule has 2 amide bonds. The second-order valence-electron chi connectivity index (χ2n) is 9.85. The molecule has 3 aromatic rings. The van der Waals surface area contributed by atoms with Crippen molar-refractivity contribution in [2.75, 3.05) is 17.1 Å². The topological polar surface area (TPSA) is 86.8 Å². The first kappa shape index (κ1) is 31.5. The summed E-state index contributed by atoms with van der Waals surface area (Å²) < 4.78 is 26.9. The number of anilines is 1. The molecule has 0 unspecified atom stereocenters. The van der Waals surface area contributed by atoms with Gasteiger partial charge in [0.2, 0.25) is 21.8 Å². The van der Waals surface area contributed by atoms with E-state index < -0.39 is 28.5 Å². The largest absolute Gasteiger partial charge is 0.352 e. The normalized spacial score (nSPS) is 12.8. The van der Waals surface area contributed by atoms with Crippen molar-refractivity contribution in [3.05, 3.63) is 99.5 Å². The summed E-state index contributed by atoms with van der Waals surface area (Å²) in [6.45, 7) is 5.18. The second-order valence-corrected chi connectivity index (χ2v) is 12.6. The molecule has 214 valence electrons. The van der Waals surface area contributed by atoms with Crippen LogP contribution in [-0.2, 0) is 32.6 Å². The number of nitrogens with zero attached hydrogens (tertiary/aromatic N) is 2. The van der Waals surface area contributed by atoms with Crippen molar-refractivity contribution in [3.8, 4) is 0 Å². The number of sulfonamides is 1. The Hall–Kier alpha value is -3.07. The number of nitrogens with one attached hydrogen (secondary N) is 1. The Labute approximate surface area is 247 Å². The number of para-hydroxylation sites is 1. The van der Waals surface area contributed by atoms with Gasteiger partial charge in [-0.25, -0.2) is 8.42 Å². The Kier molecular flexibility index (Phi) is 11.0. The standard InChI is InChI=1S/C30H35Cl2N3O4S/c1-5-22(3)33-30(37)28(18-23-12-7-6-8-13-23)34(19-24-15-16-25(31)26(32)17-24)29(36)20-35(40(4,38)39)27-14-10-9-11-21(27)2/h6-17,22,28H,5,18-20H2,1-4H3,(H,33,37)/t22-,28+/m0/s1. The Balaban J connectivity index is 2.09. The monoisotopic (exact) mass is 603 g/mol. The van der Waals surface area contributed by atoms with Gasteiger partial charge in [-0.1, -0.05) is 84.7 Å². The number of hydrogen-bond acceptors (Lipinski definition) is 4. The highest BCUT2D eigenvalue weighted by molar-refractivity contribution is 7.92. The molecule has 1 N–H and O–H groups in total. The second kappa shape index (κ2) is 14.0. The molecule has 7 nitrogen and oxygen atoms in total. The highest BCUT2D eigenvalue weighted by atomic mass is 35.5. The lowest BCUT2D eigenvalue weighted by Crippen LogP contribution is -2.54. The van der Waals surface area contributed by atoms with Crippen molar-refractivity contribution in [1.82, 2.24) is 10.2 Å². The first-order valence-corrected chi connectivity index (χ1v) is 15.6. The molecular formula is C30H35Cl2N3O4S. The lowest BCUT2D eigenvalue weighted by atomic mass is 10.0. The van der Waals surface area contributed by atoms with E-state index in [1.54, 1.807) is 49.4 Å². The fourth-order valence-electron chi connectivity index (χ4n) is 4.27. The van der Waals surface area contributed by atoms with Gasteiger partial charge in [0.05, 0.1) is 22.0 Å². The van der Waals surface area contributed by atoms with Crippen LogP contribution in [0.2, 0.25) is 10.0 Å². The number of carbonyl (C=O) groups is 2. The summed E-state index contributed by atoms with van der Waals surface area (Å²) in [5.41, 5.74) is 2.61. The van der Waals surface area contributed by atoms with Crippen molar-refractivity contribution in [3.63, 3.8) is 0 Å². The van der Waals surface area contributed by atoms with E-state index in [0.29, 0.717) is 33.3 Å². The van der Waals surface area contributed by atoms with E-state index in [9.17, 15) is 18.0 Å². The summed E-state index contributed by atoms with van der Waals surface area (Å²) in [5, 5.41) is 3.68. The maximum Gasteiger partial charge on any atom is 0.244 e. The Morgan fingerprint density at radius 3 is 2.17 bits per heavy atom. The summed E-state index contributed by atoms with van der Waals surface area (Å²) in [4.78, 5) is 29.2. The van der Waals surface area contributed by atoms with Crippen LogP contribution in [-0.4, -0.2) is 50.0 Å². The first-order chi connectivity index (χ1) is 18.9. The third-order valence-corrected chi connectivity index (χ3v) is 8.54. The van der Waals surface area contributed by atoms with Gasteiger partial charge in [0.1, 0.15) is 12.6 Å². The first-order valence-electron chi connectivity index (χ1n) is 13.0. The number of hydrogen-bond donors (Lipinski definition) is 1. The minimum Gasteiger partial charge on any atom is -0.352 e. The minimum atomic E-state index is -3.84. The Bertz CT molecular complexity index is 1430. The molecule has 0 aromatic heterocycles. The van der Waals surface area contributed by atoms with Gasteiger partial charge in [-0.05, 0) is 55.2 Å². The molecule has 0 spiro atoms. The summed E-state index contributed by atoms with van der Waals surface area (Å²) in [7, 11) is -3.84. The van der Waals surface area contributed by atoms with Crippen LogP contribution in [0.4, 0.5) is 5.69 Å². The number of benzene rings is 3. The van der Waals surface area contributed by atoms with Crippen molar-refractivity contribution in [2.24, 2.45) is 0 Å². The highest BCUT2D eigenvalue weighted by Crippen LogP contribution is 2.26. The van der Waals surface area contributed by atoms with Gasteiger partial charge in [0.25, 0.3) is 0 Å². The van der Waals surface area contributed by atoms with Gasteiger partial charge in [0, 0.05) is 19.0 Å². The SMILES string of the molecule is CC[C@H](C)NC(=O)[C@@H](Cc1ccccc1)N(Cc1ccc(Cl)c(Cl)c1)C(=O)CN(c1ccccc1C)S(C)(=O)=O. The Morgan fingerprint density at radius 2 is 1.57 bits per heavy atom. The van der Waals surface area contributed by atoms with Crippen LogP contribution in [0.25, 0.3) is 0 Å². The minimum absolute atomic E-state index is 0.0204. The molecule has 0 heterocycles. The summed E-state index contributed by atoms with van der Waals surface area (Å²) in [6.07, 6.45) is 2.01. The van der Waals surface area contributed by atoms with Crippen molar-refractivity contribution in [1.29, 1.82) is 0 Å². The summed E-state index contributed by atoms with van der Waals surface area (Å²) in [6, 6.07) is 20.3. The Morgan fingerprint density at radius 1 is 0.925 bits per heavy atom. The van der Waals surface area contributed by atoms with Gasteiger partial charge in [-0.15, -0.1) is 0 Å². The summed E-state index contributed by atoms with van der Waals surface area (Å²) >= 11 is 12.4. The van der Waals surface area contributed by atoms with Crippen LogP contribution in [0.15, 0.2) is 72.8 Å². The fraction of sp³-hybridized carbons (Fsp3) is 0.333. The average molecular weight is 605 g/mol. The van der Waals surface area contributed by atoms with Crippen LogP contribution in [0.5, 0.6) is 0 Å². The van der Waals surface area contributed by atoms with Gasteiger partial charge >= 0.3 is 0 Å². The van der Waals surface area contributed by atoms with Crippen LogP contribution in [0.3, 0.4) is 0 Å². The van der Waals surface area contributed by atoms with E-state index >= 15 is 0 Å². The smallest absolute Gasteiger partial charge is 0.244 e. The molecule has 0 saturated carbocycles. The number of rotatable bonds is 12. The van der Waals surface area contributed by atoms with Gasteiger partial charge in [-0.2, -0.15) is 0 Å². The molecule has 2 atom stereocenters. The molecule has 0 aliphatic rings. The highest BCUT2D eigenvalue weighted by Gasteiger charge is 2.33. The van der Waals surface area contributed by atoms with Crippen LogP contribution >= 0.6 is 23.2 Å². The molecule has 0 bridgehead atoms. The molecular weight excluding hydrogens is 569 g/mol.